The van der Waals surface area contributed by atoms with Gasteiger partial charge in [0.15, 0.2) is 4.77 Å². The van der Waals surface area contributed by atoms with Gasteiger partial charge in [-0.25, -0.2) is 15.0 Å². The van der Waals surface area contributed by atoms with Crippen LogP contribution in [0.4, 0.5) is 5.82 Å². The van der Waals surface area contributed by atoms with Crippen LogP contribution >= 0.6 is 12.2 Å². The highest BCUT2D eigenvalue weighted by atomic mass is 32.1. The van der Waals surface area contributed by atoms with Crippen LogP contribution in [0.1, 0.15) is 17.2 Å². The van der Waals surface area contributed by atoms with E-state index in [1.807, 2.05) is 23.1 Å². The Bertz CT molecular complexity index is 824. The lowest BCUT2D eigenvalue weighted by atomic mass is 9.92. The van der Waals surface area contributed by atoms with Gasteiger partial charge in [0.1, 0.15) is 5.82 Å². The molecule has 2 atom stereocenters. The van der Waals surface area contributed by atoms with Crippen LogP contribution in [-0.2, 0) is 0 Å². The zero-order valence-corrected chi connectivity index (χ0v) is 11.8. The van der Waals surface area contributed by atoms with Gasteiger partial charge in [0.05, 0.1) is 12.0 Å². The van der Waals surface area contributed by atoms with Gasteiger partial charge in [-0.2, -0.15) is 0 Å². The summed E-state index contributed by atoms with van der Waals surface area (Å²) in [6.07, 6.45) is 7.25. The molecule has 0 radical (unpaired) electrons. The number of aromatic nitrogens is 3. The van der Waals surface area contributed by atoms with Crippen LogP contribution in [0.25, 0.3) is 0 Å². The summed E-state index contributed by atoms with van der Waals surface area (Å²) in [6.45, 7) is 0. The molecule has 6 nitrogen and oxygen atoms in total. The molecular weight excluding hydrogens is 284 g/mol. The van der Waals surface area contributed by atoms with E-state index in [0.29, 0.717) is 10.7 Å². The third-order valence-electron chi connectivity index (χ3n) is 3.79. The Labute approximate surface area is 126 Å². The number of aliphatic imine (C=N–C) groups is 1. The molecule has 0 aromatic carbocycles. The van der Waals surface area contributed by atoms with Crippen LogP contribution in [0, 0.1) is 4.77 Å². The molecule has 2 aromatic heterocycles. The van der Waals surface area contributed by atoms with E-state index in [1.165, 1.54) is 0 Å². The van der Waals surface area contributed by atoms with Crippen molar-refractivity contribution >= 4 is 24.0 Å². The first kappa shape index (κ1) is 12.2. The standard InChI is InChI=1S/C14H12N6S/c15-13-17-7-4-10-11(9-3-6-18-14(21)19-9)8-2-1-5-16-12(8)20(10)13/h1-7,10-11H,(H2,15,17)(H,18,19,21). The molecule has 4 rings (SSSR count). The normalized spacial score (nSPS) is 22.7. The lowest BCUT2D eigenvalue weighted by molar-refractivity contribution is 0.705. The summed E-state index contributed by atoms with van der Waals surface area (Å²) in [6, 6.07) is 5.97. The SMILES string of the molecule is NC1=NC=CC2C(c3ccnc(=S)[nH]3)c3cccnc3N12. The van der Waals surface area contributed by atoms with Gasteiger partial charge < -0.3 is 10.7 Å². The van der Waals surface area contributed by atoms with Crippen molar-refractivity contribution in [2.75, 3.05) is 4.90 Å². The molecule has 4 heterocycles. The third-order valence-corrected chi connectivity index (χ3v) is 4.00. The molecule has 0 bridgehead atoms. The zero-order chi connectivity index (χ0) is 14.4. The first-order valence-electron chi connectivity index (χ1n) is 6.55. The fraction of sp³-hybridized carbons (Fsp3) is 0.143. The maximum absolute atomic E-state index is 6.05. The second kappa shape index (κ2) is 4.49. The highest BCUT2D eigenvalue weighted by molar-refractivity contribution is 7.71. The van der Waals surface area contributed by atoms with Gasteiger partial charge in [-0.1, -0.05) is 6.07 Å². The van der Waals surface area contributed by atoms with E-state index in [0.717, 1.165) is 17.1 Å². The molecule has 2 aromatic rings. The molecule has 0 spiro atoms. The average Bonchev–Trinajstić information content (AvgIpc) is 2.83. The summed E-state index contributed by atoms with van der Waals surface area (Å²) >= 11 is 5.14. The first-order chi connectivity index (χ1) is 10.3. The van der Waals surface area contributed by atoms with E-state index in [-0.39, 0.29) is 12.0 Å². The monoisotopic (exact) mass is 296 g/mol. The van der Waals surface area contributed by atoms with Crippen molar-refractivity contribution in [1.29, 1.82) is 0 Å². The predicted octanol–water partition coefficient (Wildman–Crippen LogP) is 1.70. The summed E-state index contributed by atoms with van der Waals surface area (Å²) < 4.78 is 0.470. The van der Waals surface area contributed by atoms with Gasteiger partial charge in [-0.3, -0.25) is 4.90 Å². The molecule has 0 saturated heterocycles. The van der Waals surface area contributed by atoms with Crippen LogP contribution in [0.5, 0.6) is 0 Å². The predicted molar refractivity (Wildman–Crippen MR) is 82.5 cm³/mol. The fourth-order valence-corrected chi connectivity index (χ4v) is 3.15. The van der Waals surface area contributed by atoms with Gasteiger partial charge in [-0.05, 0) is 30.4 Å². The number of guanidine groups is 1. The Morgan fingerprint density at radius 2 is 2.14 bits per heavy atom. The second-order valence-corrected chi connectivity index (χ2v) is 5.30. The number of H-pyrrole nitrogens is 1. The molecule has 21 heavy (non-hydrogen) atoms. The lowest BCUT2D eigenvalue weighted by Crippen LogP contribution is -2.44. The number of nitrogens with one attached hydrogen (secondary N) is 1. The van der Waals surface area contributed by atoms with Crippen LogP contribution in [0.2, 0.25) is 0 Å². The Morgan fingerprint density at radius 1 is 1.24 bits per heavy atom. The minimum atomic E-state index is 0.0421. The van der Waals surface area contributed by atoms with Crippen molar-refractivity contribution in [3.05, 3.63) is 58.9 Å². The van der Waals surface area contributed by atoms with Crippen molar-refractivity contribution in [3.63, 3.8) is 0 Å². The van der Waals surface area contributed by atoms with Crippen molar-refractivity contribution in [2.45, 2.75) is 12.0 Å². The number of anilines is 1. The molecule has 0 amide bonds. The summed E-state index contributed by atoms with van der Waals surface area (Å²) in [5.41, 5.74) is 8.14. The minimum Gasteiger partial charge on any atom is -0.369 e. The Balaban J connectivity index is 1.93. The smallest absolute Gasteiger partial charge is 0.202 e. The molecule has 0 fully saturated rings. The lowest BCUT2D eigenvalue weighted by Gasteiger charge is -2.28. The largest absolute Gasteiger partial charge is 0.369 e. The van der Waals surface area contributed by atoms with Crippen LogP contribution in [-0.4, -0.2) is 27.0 Å². The quantitative estimate of drug-likeness (QED) is 0.783. The van der Waals surface area contributed by atoms with Crippen molar-refractivity contribution in [2.24, 2.45) is 10.7 Å². The van der Waals surface area contributed by atoms with Crippen LogP contribution in [0.15, 0.2) is 47.9 Å². The number of hydrogen-bond acceptors (Lipinski definition) is 6. The molecular formula is C14H12N6S. The van der Waals surface area contributed by atoms with E-state index in [9.17, 15) is 0 Å². The van der Waals surface area contributed by atoms with Crippen molar-refractivity contribution in [1.82, 2.24) is 15.0 Å². The summed E-state index contributed by atoms with van der Waals surface area (Å²) in [5.74, 6) is 1.37. The van der Waals surface area contributed by atoms with Crippen molar-refractivity contribution < 1.29 is 0 Å². The van der Waals surface area contributed by atoms with Crippen LogP contribution < -0.4 is 10.6 Å². The van der Waals surface area contributed by atoms with Gasteiger partial charge in [0.25, 0.3) is 0 Å². The van der Waals surface area contributed by atoms with E-state index in [4.69, 9.17) is 18.0 Å². The molecule has 2 unspecified atom stereocenters. The number of fused-ring (bicyclic) bond motifs is 3. The highest BCUT2D eigenvalue weighted by Gasteiger charge is 2.42. The minimum absolute atomic E-state index is 0.0421. The summed E-state index contributed by atoms with van der Waals surface area (Å²) in [5, 5.41) is 0. The summed E-state index contributed by atoms with van der Waals surface area (Å²) in [4.78, 5) is 17.8. The second-order valence-electron chi connectivity index (χ2n) is 4.91. The third kappa shape index (κ3) is 1.78. The van der Waals surface area contributed by atoms with Gasteiger partial charge >= 0.3 is 0 Å². The molecule has 104 valence electrons. The molecule has 7 heteroatoms. The number of nitrogens with two attached hydrogens (primary N) is 1. The van der Waals surface area contributed by atoms with E-state index >= 15 is 0 Å². The highest BCUT2D eigenvalue weighted by Crippen LogP contribution is 2.43. The van der Waals surface area contributed by atoms with Crippen molar-refractivity contribution in [3.8, 4) is 0 Å². The molecule has 2 aliphatic rings. The maximum atomic E-state index is 6.05. The van der Waals surface area contributed by atoms with E-state index < -0.39 is 0 Å². The van der Waals surface area contributed by atoms with Crippen LogP contribution in [0.3, 0.4) is 0 Å². The zero-order valence-electron chi connectivity index (χ0n) is 11.0. The first-order valence-corrected chi connectivity index (χ1v) is 6.96. The Hall–Kier alpha value is -2.54. The van der Waals surface area contributed by atoms with Gasteiger partial charge in [0, 0.05) is 29.9 Å². The number of rotatable bonds is 1. The number of pyridine rings is 1. The van der Waals surface area contributed by atoms with Gasteiger partial charge in [0.2, 0.25) is 5.96 Å². The average molecular weight is 296 g/mol. The molecule has 0 saturated carbocycles. The topological polar surface area (TPSA) is 83.2 Å². The maximum Gasteiger partial charge on any atom is 0.202 e. The number of hydrogen-bond donors (Lipinski definition) is 2. The van der Waals surface area contributed by atoms with E-state index in [2.05, 4.69) is 26.0 Å². The number of nitrogens with zero attached hydrogens (tertiary/aromatic N) is 4. The van der Waals surface area contributed by atoms with Gasteiger partial charge in [-0.15, -0.1) is 0 Å². The Morgan fingerprint density at radius 3 is 3.00 bits per heavy atom. The molecule has 2 aliphatic heterocycles. The molecule has 0 aliphatic carbocycles. The fourth-order valence-electron chi connectivity index (χ4n) is 2.97. The summed E-state index contributed by atoms with van der Waals surface area (Å²) in [7, 11) is 0. The number of aromatic amines is 1. The van der Waals surface area contributed by atoms with E-state index in [1.54, 1.807) is 18.6 Å². The molecule has 3 N–H and O–H groups in total. The Kier molecular flexibility index (Phi) is 2.61.